The smallest absolute Gasteiger partial charge is 0.224 e. The average molecular weight is 350 g/mol. The molecule has 0 saturated heterocycles. The van der Waals surface area contributed by atoms with E-state index in [1.54, 1.807) is 6.20 Å². The minimum absolute atomic E-state index is 0.0604. The zero-order chi connectivity index (χ0) is 14.6. The van der Waals surface area contributed by atoms with Crippen LogP contribution in [0, 0.1) is 0 Å². The van der Waals surface area contributed by atoms with E-state index in [1.165, 1.54) is 0 Å². The Kier molecular flexibility index (Phi) is 6.00. The van der Waals surface area contributed by atoms with Crippen LogP contribution in [0.5, 0.6) is 0 Å². The van der Waals surface area contributed by atoms with Gasteiger partial charge in [0.2, 0.25) is 11.2 Å². The molecule has 0 aromatic carbocycles. The van der Waals surface area contributed by atoms with Crippen LogP contribution in [0.25, 0.3) is 0 Å². The minimum atomic E-state index is -0.336. The van der Waals surface area contributed by atoms with Crippen molar-refractivity contribution in [1.82, 2.24) is 9.97 Å². The molecule has 0 aliphatic heterocycles. The van der Waals surface area contributed by atoms with Gasteiger partial charge in [-0.1, -0.05) is 6.92 Å². The van der Waals surface area contributed by atoms with E-state index in [0.717, 1.165) is 10.9 Å². The molecular weight excluding hydrogens is 332 g/mol. The molecule has 0 spiro atoms. The fourth-order valence-corrected chi connectivity index (χ4v) is 2.48. The van der Waals surface area contributed by atoms with E-state index in [0.29, 0.717) is 5.82 Å². The fraction of sp³-hybridized carbons (Fsp3) is 0.583. The van der Waals surface area contributed by atoms with Crippen LogP contribution in [0.2, 0.25) is 5.28 Å². The average Bonchev–Trinajstić information content (AvgIpc) is 2.32. The molecule has 7 heteroatoms. The molecule has 1 heterocycles. The van der Waals surface area contributed by atoms with Crippen LogP contribution < -0.4 is 10.6 Å². The third-order valence-electron chi connectivity index (χ3n) is 2.98. The van der Waals surface area contributed by atoms with Crippen molar-refractivity contribution in [2.75, 3.05) is 4.90 Å². The predicted molar refractivity (Wildman–Crippen MR) is 80.2 cm³/mol. The molecular formula is C12H18BrClN4O. The van der Waals surface area contributed by atoms with Crippen molar-refractivity contribution in [3.63, 3.8) is 0 Å². The fourth-order valence-electron chi connectivity index (χ4n) is 1.96. The lowest BCUT2D eigenvalue weighted by atomic mass is 10.1. The number of nitrogens with zero attached hydrogens (tertiary/aromatic N) is 3. The van der Waals surface area contributed by atoms with Crippen molar-refractivity contribution in [2.24, 2.45) is 5.73 Å². The summed E-state index contributed by atoms with van der Waals surface area (Å²) in [6.07, 6.45) is 2.78. The Hall–Kier alpha value is -0.880. The predicted octanol–water partition coefficient (Wildman–Crippen LogP) is 2.76. The van der Waals surface area contributed by atoms with Crippen molar-refractivity contribution < 1.29 is 4.79 Å². The number of carbonyl (C=O) groups excluding carboxylic acids is 1. The topological polar surface area (TPSA) is 72.1 Å². The lowest BCUT2D eigenvalue weighted by Crippen LogP contribution is -2.43. The number of aromatic nitrogens is 2. The van der Waals surface area contributed by atoms with Crippen LogP contribution in [-0.2, 0) is 4.79 Å². The lowest BCUT2D eigenvalue weighted by molar-refractivity contribution is -0.118. The largest absolute Gasteiger partial charge is 0.370 e. The first kappa shape index (κ1) is 16.2. The Bertz CT molecular complexity index is 457. The Labute approximate surface area is 126 Å². The molecule has 5 nitrogen and oxygen atoms in total. The molecule has 0 aliphatic carbocycles. The quantitative estimate of drug-likeness (QED) is 0.802. The molecule has 1 aromatic heterocycles. The second-order valence-corrected chi connectivity index (χ2v) is 5.69. The molecule has 1 rings (SSSR count). The Balaban J connectivity index is 3.15. The van der Waals surface area contributed by atoms with Crippen molar-refractivity contribution in [3.05, 3.63) is 16.0 Å². The SMILES string of the molecule is CCC(C)N(c1nc(Cl)ncc1Br)C(C)CC(N)=O. The summed E-state index contributed by atoms with van der Waals surface area (Å²) in [6.45, 7) is 6.09. The highest BCUT2D eigenvalue weighted by atomic mass is 79.9. The van der Waals surface area contributed by atoms with Crippen LogP contribution in [-0.4, -0.2) is 28.0 Å². The van der Waals surface area contributed by atoms with E-state index in [4.69, 9.17) is 17.3 Å². The Morgan fingerprint density at radius 1 is 1.53 bits per heavy atom. The molecule has 0 radical (unpaired) electrons. The molecule has 0 fully saturated rings. The van der Waals surface area contributed by atoms with Gasteiger partial charge in [0.1, 0.15) is 5.82 Å². The van der Waals surface area contributed by atoms with Crippen LogP contribution in [0.1, 0.15) is 33.6 Å². The van der Waals surface area contributed by atoms with E-state index in [9.17, 15) is 4.79 Å². The molecule has 2 unspecified atom stereocenters. The van der Waals surface area contributed by atoms with Gasteiger partial charge in [-0.3, -0.25) is 4.79 Å². The van der Waals surface area contributed by atoms with E-state index < -0.39 is 0 Å². The summed E-state index contributed by atoms with van der Waals surface area (Å²) in [6, 6.07) is 0.145. The van der Waals surface area contributed by atoms with Gasteiger partial charge >= 0.3 is 0 Å². The molecule has 0 aliphatic rings. The zero-order valence-electron chi connectivity index (χ0n) is 11.2. The monoisotopic (exact) mass is 348 g/mol. The van der Waals surface area contributed by atoms with Crippen LogP contribution in [0.15, 0.2) is 10.7 Å². The number of hydrogen-bond donors (Lipinski definition) is 1. The number of anilines is 1. The third-order valence-corrected chi connectivity index (χ3v) is 3.72. The van der Waals surface area contributed by atoms with E-state index >= 15 is 0 Å². The van der Waals surface area contributed by atoms with Gasteiger partial charge in [0.15, 0.2) is 0 Å². The van der Waals surface area contributed by atoms with Gasteiger partial charge in [-0.2, -0.15) is 4.98 Å². The number of halogens is 2. The summed E-state index contributed by atoms with van der Waals surface area (Å²) in [7, 11) is 0. The van der Waals surface area contributed by atoms with Crippen LogP contribution in [0.3, 0.4) is 0 Å². The maximum absolute atomic E-state index is 11.1. The first-order valence-electron chi connectivity index (χ1n) is 6.11. The molecule has 19 heavy (non-hydrogen) atoms. The molecule has 0 bridgehead atoms. The Morgan fingerprint density at radius 2 is 2.16 bits per heavy atom. The molecule has 2 N–H and O–H groups in total. The highest BCUT2D eigenvalue weighted by molar-refractivity contribution is 9.10. The number of primary amides is 1. The van der Waals surface area contributed by atoms with E-state index in [-0.39, 0.29) is 29.7 Å². The lowest BCUT2D eigenvalue weighted by Gasteiger charge is -2.35. The van der Waals surface area contributed by atoms with Gasteiger partial charge in [0, 0.05) is 24.7 Å². The maximum Gasteiger partial charge on any atom is 0.224 e. The van der Waals surface area contributed by atoms with Gasteiger partial charge in [-0.25, -0.2) is 4.98 Å². The van der Waals surface area contributed by atoms with E-state index in [1.807, 2.05) is 11.8 Å². The van der Waals surface area contributed by atoms with Gasteiger partial charge in [-0.05, 0) is 47.8 Å². The minimum Gasteiger partial charge on any atom is -0.370 e. The first-order chi connectivity index (χ1) is 8.86. The molecule has 0 saturated carbocycles. The van der Waals surface area contributed by atoms with E-state index in [2.05, 4.69) is 39.7 Å². The molecule has 2 atom stereocenters. The van der Waals surface area contributed by atoms with Crippen LogP contribution >= 0.6 is 27.5 Å². The van der Waals surface area contributed by atoms with Gasteiger partial charge in [-0.15, -0.1) is 0 Å². The van der Waals surface area contributed by atoms with Crippen LogP contribution in [0.4, 0.5) is 5.82 Å². The number of rotatable bonds is 6. The summed E-state index contributed by atoms with van der Waals surface area (Å²) in [4.78, 5) is 21.3. The second-order valence-electron chi connectivity index (χ2n) is 4.49. The van der Waals surface area contributed by atoms with Crippen molar-refractivity contribution in [3.8, 4) is 0 Å². The summed E-state index contributed by atoms with van der Waals surface area (Å²) in [5.74, 6) is 0.347. The third kappa shape index (κ3) is 4.31. The van der Waals surface area contributed by atoms with Gasteiger partial charge < -0.3 is 10.6 Å². The van der Waals surface area contributed by atoms with Gasteiger partial charge in [0.25, 0.3) is 0 Å². The first-order valence-corrected chi connectivity index (χ1v) is 7.28. The maximum atomic E-state index is 11.1. The molecule has 1 aromatic rings. The normalized spacial score (nSPS) is 13.9. The summed E-state index contributed by atoms with van der Waals surface area (Å²) in [5, 5.41) is 0.178. The Morgan fingerprint density at radius 3 is 2.68 bits per heavy atom. The van der Waals surface area contributed by atoms with Gasteiger partial charge in [0.05, 0.1) is 4.47 Å². The molecule has 106 valence electrons. The van der Waals surface area contributed by atoms with Crippen molar-refractivity contribution in [1.29, 1.82) is 0 Å². The number of nitrogens with two attached hydrogens (primary N) is 1. The second kappa shape index (κ2) is 7.05. The summed E-state index contributed by atoms with van der Waals surface area (Å²) < 4.78 is 0.744. The number of hydrogen-bond acceptors (Lipinski definition) is 4. The van der Waals surface area contributed by atoms with Crippen molar-refractivity contribution in [2.45, 2.75) is 45.7 Å². The highest BCUT2D eigenvalue weighted by Gasteiger charge is 2.24. The molecule has 1 amide bonds. The summed E-state index contributed by atoms with van der Waals surface area (Å²) in [5.41, 5.74) is 5.28. The van der Waals surface area contributed by atoms with Crippen molar-refractivity contribution >= 4 is 39.3 Å². The zero-order valence-corrected chi connectivity index (χ0v) is 13.6. The summed E-state index contributed by atoms with van der Waals surface area (Å²) >= 11 is 9.28. The highest BCUT2D eigenvalue weighted by Crippen LogP contribution is 2.29. The standard InChI is InChI=1S/C12H18BrClN4O/c1-4-7(2)18(8(3)5-10(15)19)11-9(13)6-16-12(14)17-11/h6-8H,4-5H2,1-3H3,(H2,15,19). The number of amides is 1. The number of carbonyl (C=O) groups is 1.